The number of nitrogens with one attached hydrogen (secondary N) is 1. The zero-order chi connectivity index (χ0) is 20.1. The fraction of sp³-hybridized carbons (Fsp3) is 0.412. The number of thioether (sulfide) groups is 1. The Hall–Kier alpha value is -2.40. The van der Waals surface area contributed by atoms with Gasteiger partial charge < -0.3 is 5.32 Å². The molecule has 0 saturated carbocycles. The van der Waals surface area contributed by atoms with E-state index in [2.05, 4.69) is 10.4 Å². The van der Waals surface area contributed by atoms with Crippen LogP contribution < -0.4 is 5.32 Å². The lowest BCUT2D eigenvalue weighted by atomic mass is 10.1. The second kappa shape index (κ2) is 6.89. The number of carbonyl (C=O) groups is 1. The fourth-order valence-corrected chi connectivity index (χ4v) is 6.37. The van der Waals surface area contributed by atoms with Crippen molar-refractivity contribution in [1.29, 1.82) is 0 Å². The van der Waals surface area contributed by atoms with Crippen LogP contribution in [-0.2, 0) is 21.3 Å². The van der Waals surface area contributed by atoms with Gasteiger partial charge in [0.2, 0.25) is 0 Å². The number of fused-ring (bicyclic) bond motifs is 1. The zero-order valence-corrected chi connectivity index (χ0v) is 16.7. The predicted octanol–water partition coefficient (Wildman–Crippen LogP) is 2.46. The number of hydrogen-bond donors (Lipinski definition) is 1. The Kier molecular flexibility index (Phi) is 4.66. The quantitative estimate of drug-likeness (QED) is 0.593. The molecule has 1 N–H and O–H groups in total. The number of nitro groups is 1. The molecule has 0 bridgehead atoms. The van der Waals surface area contributed by atoms with Gasteiger partial charge in [-0.15, -0.1) is 0 Å². The third-order valence-corrected chi connectivity index (χ3v) is 7.83. The highest BCUT2D eigenvalue weighted by molar-refractivity contribution is 7.98. The summed E-state index contributed by atoms with van der Waals surface area (Å²) in [5.41, 5.74) is 2.11. The maximum Gasteiger partial charge on any atom is 0.273 e. The maximum absolute atomic E-state index is 12.9. The van der Waals surface area contributed by atoms with E-state index in [-0.39, 0.29) is 34.4 Å². The van der Waals surface area contributed by atoms with Crippen molar-refractivity contribution >= 4 is 39.0 Å². The molecule has 148 valence electrons. The van der Waals surface area contributed by atoms with Gasteiger partial charge in [-0.1, -0.05) is 6.07 Å². The summed E-state index contributed by atoms with van der Waals surface area (Å²) in [6.07, 6.45) is 0.453. The number of nitrogens with zero attached hydrogens (tertiary/aromatic N) is 3. The predicted molar refractivity (Wildman–Crippen MR) is 105 cm³/mol. The van der Waals surface area contributed by atoms with Crippen molar-refractivity contribution in [2.75, 3.05) is 16.8 Å². The number of nitro benzene ring substituents is 1. The fourth-order valence-electron chi connectivity index (χ4n) is 3.64. The second-order valence-corrected chi connectivity index (χ2v) is 10.1. The number of rotatable bonds is 4. The first-order valence-corrected chi connectivity index (χ1v) is 11.7. The van der Waals surface area contributed by atoms with Crippen LogP contribution in [0, 0.1) is 17.0 Å². The number of benzene rings is 1. The van der Waals surface area contributed by atoms with Crippen LogP contribution in [0.1, 0.15) is 39.6 Å². The zero-order valence-electron chi connectivity index (χ0n) is 15.0. The summed E-state index contributed by atoms with van der Waals surface area (Å²) in [6.45, 7) is 1.54. The molecule has 1 fully saturated rings. The highest BCUT2D eigenvalue weighted by Gasteiger charge is 2.34. The molecule has 9 nitrogen and oxygen atoms in total. The molecule has 11 heteroatoms. The van der Waals surface area contributed by atoms with Crippen molar-refractivity contribution in [2.45, 2.75) is 30.9 Å². The van der Waals surface area contributed by atoms with E-state index in [0.717, 1.165) is 11.3 Å². The van der Waals surface area contributed by atoms with Crippen molar-refractivity contribution in [2.24, 2.45) is 0 Å². The molecule has 0 spiro atoms. The van der Waals surface area contributed by atoms with E-state index in [4.69, 9.17) is 0 Å². The molecule has 4 rings (SSSR count). The molecule has 1 saturated heterocycles. The van der Waals surface area contributed by atoms with E-state index >= 15 is 0 Å². The highest BCUT2D eigenvalue weighted by Crippen LogP contribution is 2.38. The van der Waals surface area contributed by atoms with Crippen molar-refractivity contribution in [3.63, 3.8) is 0 Å². The molecular weight excluding hydrogens is 404 g/mol. The topological polar surface area (TPSA) is 124 Å². The molecule has 1 atom stereocenters. The Morgan fingerprint density at radius 1 is 1.39 bits per heavy atom. The van der Waals surface area contributed by atoms with E-state index in [1.165, 1.54) is 25.1 Å². The SMILES string of the molecule is Cc1c(C(=O)Nc2c3c(nn2C2CCS(=O)(=O)C2)CSC3)cccc1[N+](=O)[O-]. The summed E-state index contributed by atoms with van der Waals surface area (Å²) in [4.78, 5) is 23.5. The van der Waals surface area contributed by atoms with Gasteiger partial charge in [-0.25, -0.2) is 13.1 Å². The van der Waals surface area contributed by atoms with E-state index in [1.54, 1.807) is 16.4 Å². The third-order valence-electron chi connectivity index (χ3n) is 5.11. The van der Waals surface area contributed by atoms with Crippen molar-refractivity contribution in [1.82, 2.24) is 9.78 Å². The van der Waals surface area contributed by atoms with Crippen molar-refractivity contribution in [3.05, 3.63) is 50.7 Å². The largest absolute Gasteiger partial charge is 0.306 e. The monoisotopic (exact) mass is 422 g/mol. The molecule has 0 radical (unpaired) electrons. The molecule has 2 aliphatic rings. The number of carbonyl (C=O) groups excluding carboxylic acids is 1. The summed E-state index contributed by atoms with van der Waals surface area (Å²) in [5, 5.41) is 18.6. The van der Waals surface area contributed by atoms with Crippen LogP contribution in [0.15, 0.2) is 18.2 Å². The van der Waals surface area contributed by atoms with Gasteiger partial charge in [0.1, 0.15) is 5.82 Å². The Morgan fingerprint density at radius 3 is 2.86 bits per heavy atom. The minimum Gasteiger partial charge on any atom is -0.306 e. The van der Waals surface area contributed by atoms with Gasteiger partial charge in [-0.05, 0) is 19.4 Å². The third kappa shape index (κ3) is 3.28. The molecule has 0 aliphatic carbocycles. The molecular formula is C17H18N4O5S2. The lowest BCUT2D eigenvalue weighted by Gasteiger charge is -2.16. The van der Waals surface area contributed by atoms with Crippen LogP contribution in [0.5, 0.6) is 0 Å². The summed E-state index contributed by atoms with van der Waals surface area (Å²) in [5.74, 6) is 1.52. The number of sulfone groups is 1. The lowest BCUT2D eigenvalue weighted by Crippen LogP contribution is -2.21. The first-order chi connectivity index (χ1) is 13.3. The van der Waals surface area contributed by atoms with Crippen LogP contribution in [0.3, 0.4) is 0 Å². The minimum absolute atomic E-state index is 0.000585. The Balaban J connectivity index is 1.70. The summed E-state index contributed by atoms with van der Waals surface area (Å²) < 4.78 is 25.4. The molecule has 2 aliphatic heterocycles. The number of hydrogen-bond acceptors (Lipinski definition) is 7. The van der Waals surface area contributed by atoms with Gasteiger partial charge >= 0.3 is 0 Å². The van der Waals surface area contributed by atoms with Gasteiger partial charge in [0.15, 0.2) is 9.84 Å². The number of amides is 1. The number of anilines is 1. The first kappa shape index (κ1) is 18.9. The summed E-state index contributed by atoms with van der Waals surface area (Å²) in [7, 11) is -3.11. The van der Waals surface area contributed by atoms with Crippen LogP contribution in [0.25, 0.3) is 0 Å². The van der Waals surface area contributed by atoms with E-state index in [1.807, 2.05) is 0 Å². The number of aromatic nitrogens is 2. The lowest BCUT2D eigenvalue weighted by molar-refractivity contribution is -0.385. The molecule has 1 amide bonds. The van der Waals surface area contributed by atoms with E-state index in [9.17, 15) is 23.3 Å². The average molecular weight is 422 g/mol. The molecule has 1 aromatic carbocycles. The van der Waals surface area contributed by atoms with Crippen LogP contribution in [-0.4, -0.2) is 40.5 Å². The van der Waals surface area contributed by atoms with Gasteiger partial charge in [-0.2, -0.15) is 16.9 Å². The van der Waals surface area contributed by atoms with Crippen molar-refractivity contribution in [3.8, 4) is 0 Å². The first-order valence-electron chi connectivity index (χ1n) is 8.70. The van der Waals surface area contributed by atoms with Crippen LogP contribution in [0.2, 0.25) is 0 Å². The van der Waals surface area contributed by atoms with Crippen LogP contribution in [0.4, 0.5) is 11.5 Å². The van der Waals surface area contributed by atoms with Crippen LogP contribution >= 0.6 is 11.8 Å². The summed E-state index contributed by atoms with van der Waals surface area (Å²) in [6, 6.07) is 4.05. The average Bonchev–Trinajstić information content (AvgIpc) is 3.30. The molecule has 1 aromatic heterocycles. The van der Waals surface area contributed by atoms with Crippen molar-refractivity contribution < 1.29 is 18.1 Å². The van der Waals surface area contributed by atoms with Gasteiger partial charge in [-0.3, -0.25) is 14.9 Å². The van der Waals surface area contributed by atoms with Gasteiger partial charge in [0, 0.05) is 34.3 Å². The Bertz CT molecular complexity index is 1090. The molecule has 1 unspecified atom stereocenters. The molecule has 3 heterocycles. The minimum atomic E-state index is -3.11. The highest BCUT2D eigenvalue weighted by atomic mass is 32.2. The normalized spacial score (nSPS) is 20.1. The molecule has 28 heavy (non-hydrogen) atoms. The second-order valence-electron chi connectivity index (χ2n) is 6.93. The Morgan fingerprint density at radius 2 is 2.18 bits per heavy atom. The van der Waals surface area contributed by atoms with E-state index in [0.29, 0.717) is 23.7 Å². The van der Waals surface area contributed by atoms with E-state index < -0.39 is 20.7 Å². The van der Waals surface area contributed by atoms with Gasteiger partial charge in [0.25, 0.3) is 11.6 Å². The Labute approximate surface area is 165 Å². The standard InChI is InChI=1S/C17H18N4O5S2/c1-10-12(3-2-4-15(10)21(23)24)17(22)18-16-13-7-27-8-14(13)19-20(16)11-5-6-28(25,26)9-11/h2-4,11H,5-9H2,1H3,(H,18,22). The smallest absolute Gasteiger partial charge is 0.273 e. The van der Waals surface area contributed by atoms with Gasteiger partial charge in [0.05, 0.1) is 28.2 Å². The maximum atomic E-state index is 12.9. The molecule has 2 aromatic rings. The summed E-state index contributed by atoms with van der Waals surface area (Å²) >= 11 is 1.67.